The summed E-state index contributed by atoms with van der Waals surface area (Å²) in [7, 11) is 0. The third-order valence-electron chi connectivity index (χ3n) is 6.92. The van der Waals surface area contributed by atoms with E-state index in [-0.39, 0.29) is 6.04 Å². The largest absolute Gasteiger partial charge is 0.321 e. The van der Waals surface area contributed by atoms with Gasteiger partial charge in [-0.15, -0.1) is 0 Å². The summed E-state index contributed by atoms with van der Waals surface area (Å²) in [6.45, 7) is 3.35. The van der Waals surface area contributed by atoms with E-state index < -0.39 is 6.17 Å². The van der Waals surface area contributed by atoms with Crippen LogP contribution in [-0.4, -0.2) is 55.6 Å². The van der Waals surface area contributed by atoms with Crippen LogP contribution >= 0.6 is 0 Å². The van der Waals surface area contributed by atoms with Crippen molar-refractivity contribution >= 4 is 33.7 Å². The molecule has 1 unspecified atom stereocenters. The SMILES string of the molecule is CCC(/C=C\C(=N/c1ncc2c3ccncc3n(C3CCCC3)c2n1)NN)N1CC[C@@H](F)C1. The number of fused-ring (bicyclic) bond motifs is 3. The second-order valence-corrected chi connectivity index (χ2v) is 8.97. The molecule has 3 N–H and O–H groups in total. The van der Waals surface area contributed by atoms with Gasteiger partial charge in [0.05, 0.1) is 11.7 Å². The van der Waals surface area contributed by atoms with Crippen molar-refractivity contribution in [2.45, 2.75) is 63.7 Å². The van der Waals surface area contributed by atoms with Gasteiger partial charge in [0.15, 0.2) is 0 Å². The Labute approximate surface area is 192 Å². The molecule has 0 aromatic carbocycles. The summed E-state index contributed by atoms with van der Waals surface area (Å²) in [5, 5.41) is 2.12. The minimum absolute atomic E-state index is 0.144. The highest BCUT2D eigenvalue weighted by atomic mass is 19.1. The third-order valence-corrected chi connectivity index (χ3v) is 6.92. The van der Waals surface area contributed by atoms with Gasteiger partial charge in [0.25, 0.3) is 5.95 Å². The Balaban J connectivity index is 1.48. The van der Waals surface area contributed by atoms with Crippen molar-refractivity contribution < 1.29 is 4.39 Å². The fourth-order valence-electron chi connectivity index (χ4n) is 5.23. The number of hydrogen-bond donors (Lipinski definition) is 2. The lowest BCUT2D eigenvalue weighted by Gasteiger charge is -2.23. The number of nitrogens with zero attached hydrogens (tertiary/aromatic N) is 6. The third kappa shape index (κ3) is 4.35. The molecule has 0 spiro atoms. The topological polar surface area (TPSA) is 97.2 Å². The predicted octanol–water partition coefficient (Wildman–Crippen LogP) is 3.97. The van der Waals surface area contributed by atoms with Gasteiger partial charge in [0, 0.05) is 48.3 Å². The molecule has 5 rings (SSSR count). The maximum atomic E-state index is 13.6. The smallest absolute Gasteiger partial charge is 0.253 e. The normalized spacial score (nSPS) is 21.7. The van der Waals surface area contributed by atoms with Gasteiger partial charge in [0.2, 0.25) is 0 Å². The number of aromatic nitrogens is 4. The van der Waals surface area contributed by atoms with Crippen molar-refractivity contribution in [1.29, 1.82) is 0 Å². The van der Waals surface area contributed by atoms with Crippen LogP contribution in [0, 0.1) is 0 Å². The van der Waals surface area contributed by atoms with Crippen molar-refractivity contribution in [3.05, 3.63) is 36.8 Å². The Hall–Kier alpha value is -2.91. The van der Waals surface area contributed by atoms with Crippen molar-refractivity contribution in [3.63, 3.8) is 0 Å². The lowest BCUT2D eigenvalue weighted by Crippen LogP contribution is -2.33. The summed E-state index contributed by atoms with van der Waals surface area (Å²) < 4.78 is 15.9. The number of likely N-dealkylation sites (tertiary alicyclic amines) is 1. The zero-order valence-corrected chi connectivity index (χ0v) is 19.0. The summed E-state index contributed by atoms with van der Waals surface area (Å²) in [6, 6.07) is 2.58. The van der Waals surface area contributed by atoms with Gasteiger partial charge >= 0.3 is 0 Å². The minimum Gasteiger partial charge on any atom is -0.321 e. The second kappa shape index (κ2) is 9.52. The zero-order valence-electron chi connectivity index (χ0n) is 19.0. The molecule has 1 aliphatic carbocycles. The Morgan fingerprint density at radius 1 is 1.30 bits per heavy atom. The van der Waals surface area contributed by atoms with Crippen molar-refractivity contribution in [2.24, 2.45) is 10.8 Å². The molecule has 1 saturated carbocycles. The first-order valence-electron chi connectivity index (χ1n) is 11.9. The summed E-state index contributed by atoms with van der Waals surface area (Å²) in [5.41, 5.74) is 4.63. The van der Waals surface area contributed by atoms with Crippen LogP contribution in [0.1, 0.15) is 51.5 Å². The van der Waals surface area contributed by atoms with Crippen molar-refractivity contribution in [2.75, 3.05) is 13.1 Å². The lowest BCUT2D eigenvalue weighted by atomic mass is 10.2. The maximum absolute atomic E-state index is 13.6. The van der Waals surface area contributed by atoms with Crippen LogP contribution in [0.3, 0.4) is 0 Å². The lowest BCUT2D eigenvalue weighted by molar-refractivity contribution is 0.248. The number of halogens is 1. The average Bonchev–Trinajstić information content (AvgIpc) is 3.57. The molecule has 3 aromatic rings. The van der Waals surface area contributed by atoms with Crippen LogP contribution < -0.4 is 11.3 Å². The van der Waals surface area contributed by atoms with E-state index in [0.29, 0.717) is 30.8 Å². The summed E-state index contributed by atoms with van der Waals surface area (Å²) >= 11 is 0. The molecule has 0 bridgehead atoms. The number of rotatable bonds is 6. The van der Waals surface area contributed by atoms with Gasteiger partial charge in [-0.25, -0.2) is 15.2 Å². The predicted molar refractivity (Wildman–Crippen MR) is 129 cm³/mol. The average molecular weight is 451 g/mol. The van der Waals surface area contributed by atoms with Gasteiger partial charge in [-0.05, 0) is 37.8 Å². The van der Waals surface area contributed by atoms with Gasteiger partial charge in [-0.1, -0.05) is 25.8 Å². The molecule has 9 heteroatoms. The van der Waals surface area contributed by atoms with Gasteiger partial charge in [-0.2, -0.15) is 9.98 Å². The Bertz CT molecular complexity index is 1180. The fraction of sp³-hybridized carbons (Fsp3) is 0.500. The molecule has 0 radical (unpaired) electrons. The molecular formula is C24H31FN8. The highest BCUT2D eigenvalue weighted by molar-refractivity contribution is 6.06. The molecule has 1 saturated heterocycles. The molecule has 2 atom stereocenters. The van der Waals surface area contributed by atoms with E-state index in [1.165, 1.54) is 12.8 Å². The Morgan fingerprint density at radius 2 is 2.15 bits per heavy atom. The number of aliphatic imine (C=N–C) groups is 1. The van der Waals surface area contributed by atoms with Crippen LogP contribution in [0.2, 0.25) is 0 Å². The number of pyridine rings is 1. The van der Waals surface area contributed by atoms with E-state index in [1.807, 2.05) is 36.8 Å². The molecule has 2 fully saturated rings. The van der Waals surface area contributed by atoms with Crippen LogP contribution in [0.4, 0.5) is 10.3 Å². The molecule has 3 aromatic heterocycles. The quantitative estimate of drug-likeness (QED) is 0.255. The van der Waals surface area contributed by atoms with E-state index >= 15 is 0 Å². The molecule has 174 valence electrons. The van der Waals surface area contributed by atoms with E-state index in [4.69, 9.17) is 10.8 Å². The highest BCUT2D eigenvalue weighted by Crippen LogP contribution is 2.37. The number of alkyl halides is 1. The van der Waals surface area contributed by atoms with Gasteiger partial charge in [-0.3, -0.25) is 9.88 Å². The van der Waals surface area contributed by atoms with Crippen molar-refractivity contribution in [3.8, 4) is 0 Å². The van der Waals surface area contributed by atoms with Crippen LogP contribution in [0.15, 0.2) is 41.8 Å². The van der Waals surface area contributed by atoms with E-state index in [9.17, 15) is 4.39 Å². The second-order valence-electron chi connectivity index (χ2n) is 8.97. The molecule has 8 nitrogen and oxygen atoms in total. The zero-order chi connectivity index (χ0) is 22.8. The fourth-order valence-corrected chi connectivity index (χ4v) is 5.23. The van der Waals surface area contributed by atoms with E-state index in [2.05, 4.69) is 36.8 Å². The molecule has 4 heterocycles. The van der Waals surface area contributed by atoms with Gasteiger partial charge in [0.1, 0.15) is 17.7 Å². The standard InChI is InChI=1S/C24H31FN8/c1-2-17(32-12-10-16(25)15-32)7-8-22(31-26)29-24-28-13-20-19-9-11-27-14-21(19)33(23(20)30-24)18-5-3-4-6-18/h7-9,11,13-14,16-18H,2-6,10,12,15,26H2,1H3,(H,28,29,30,31)/b8-7-/t16-,17?/m1/s1. The Kier molecular flexibility index (Phi) is 6.32. The van der Waals surface area contributed by atoms with Gasteiger partial charge < -0.3 is 9.99 Å². The summed E-state index contributed by atoms with van der Waals surface area (Å²) in [6.07, 6.45) is 14.9. The number of hydrazine groups is 1. The van der Waals surface area contributed by atoms with Crippen LogP contribution in [0.25, 0.3) is 21.9 Å². The highest BCUT2D eigenvalue weighted by Gasteiger charge is 2.26. The monoisotopic (exact) mass is 450 g/mol. The number of nitrogens with two attached hydrogens (primary N) is 1. The minimum atomic E-state index is -0.741. The number of nitrogens with one attached hydrogen (secondary N) is 1. The number of amidine groups is 1. The van der Waals surface area contributed by atoms with Crippen LogP contribution in [-0.2, 0) is 0 Å². The van der Waals surface area contributed by atoms with E-state index in [0.717, 1.165) is 47.7 Å². The van der Waals surface area contributed by atoms with Crippen molar-refractivity contribution in [1.82, 2.24) is 29.8 Å². The first kappa shape index (κ1) is 21.9. The number of hydrogen-bond acceptors (Lipinski definition) is 6. The summed E-state index contributed by atoms with van der Waals surface area (Å²) in [5.74, 6) is 6.57. The maximum Gasteiger partial charge on any atom is 0.253 e. The van der Waals surface area contributed by atoms with E-state index in [1.54, 1.807) is 0 Å². The van der Waals surface area contributed by atoms with Crippen LogP contribution in [0.5, 0.6) is 0 Å². The first-order valence-corrected chi connectivity index (χ1v) is 11.9. The summed E-state index contributed by atoms with van der Waals surface area (Å²) in [4.78, 5) is 20.4. The Morgan fingerprint density at radius 3 is 2.88 bits per heavy atom. The molecule has 33 heavy (non-hydrogen) atoms. The molecule has 0 amide bonds. The first-order chi connectivity index (χ1) is 16.2. The molecule has 1 aliphatic heterocycles. The molecular weight excluding hydrogens is 419 g/mol. The molecule has 2 aliphatic rings.